The number of amides is 1. The van der Waals surface area contributed by atoms with Crippen LogP contribution in [-0.2, 0) is 11.2 Å². The van der Waals surface area contributed by atoms with Gasteiger partial charge in [-0.15, -0.1) is 0 Å². The number of hydrogen-bond acceptors (Lipinski definition) is 5. The fraction of sp³-hybridized carbons (Fsp3) is 0.457. The molecule has 0 N–H and O–H groups in total. The van der Waals surface area contributed by atoms with Crippen LogP contribution >= 0.6 is 11.6 Å². The first-order chi connectivity index (χ1) is 20.2. The van der Waals surface area contributed by atoms with Crippen LogP contribution in [0.5, 0.6) is 11.5 Å². The first-order valence-electron chi connectivity index (χ1n) is 15.2. The van der Waals surface area contributed by atoms with Crippen LogP contribution in [0, 0.1) is 0 Å². The zero-order valence-electron chi connectivity index (χ0n) is 25.8. The van der Waals surface area contributed by atoms with Crippen LogP contribution < -0.4 is 14.4 Å². The normalized spacial score (nSPS) is 20.8. The van der Waals surface area contributed by atoms with Crippen molar-refractivity contribution in [3.05, 3.63) is 87.9 Å². The molecule has 3 aromatic rings. The highest BCUT2D eigenvalue weighted by atomic mass is 35.5. The topological polar surface area (TPSA) is 45.3 Å². The van der Waals surface area contributed by atoms with Crippen molar-refractivity contribution in [1.82, 2.24) is 9.80 Å². The van der Waals surface area contributed by atoms with E-state index in [0.717, 1.165) is 41.9 Å². The highest BCUT2D eigenvalue weighted by molar-refractivity contribution is 6.30. The summed E-state index contributed by atoms with van der Waals surface area (Å²) in [6.45, 7) is 8.62. The monoisotopic (exact) mass is 589 g/mol. The van der Waals surface area contributed by atoms with E-state index in [4.69, 9.17) is 21.1 Å². The molecule has 4 atom stereocenters. The molecule has 1 amide bonds. The van der Waals surface area contributed by atoms with Gasteiger partial charge in [-0.25, -0.2) is 0 Å². The van der Waals surface area contributed by atoms with E-state index < -0.39 is 0 Å². The van der Waals surface area contributed by atoms with Gasteiger partial charge in [-0.2, -0.15) is 0 Å². The minimum atomic E-state index is -0.324. The standard InChI is InChI=1S/C35H44ClN3O3/c1-7-23(2)42-33-21-31-27(19-32(33)41-6)20-34(40)39(35(31)26-10-14-28(36)15-11-26)29-16-12-25(13-17-29)24(3)38-18-8-9-30(22-38)37(4)5/h10-17,19,21,23-24,30,35H,7-9,18,20,22H2,1-6H3. The molecule has 0 radical (unpaired) electrons. The number of carbonyl (C=O) groups is 1. The Morgan fingerprint density at radius 1 is 1.02 bits per heavy atom. The highest BCUT2D eigenvalue weighted by Crippen LogP contribution is 2.44. The molecule has 2 heterocycles. The van der Waals surface area contributed by atoms with Gasteiger partial charge < -0.3 is 19.3 Å². The SMILES string of the molecule is CCC(C)Oc1cc2c(cc1OC)CC(=O)N(c1ccc(C(C)N3CCCC(N(C)C)C3)cc1)C2c1ccc(Cl)cc1. The van der Waals surface area contributed by atoms with E-state index in [9.17, 15) is 4.79 Å². The van der Waals surface area contributed by atoms with Crippen molar-refractivity contribution in [1.29, 1.82) is 0 Å². The van der Waals surface area contributed by atoms with Crippen molar-refractivity contribution >= 4 is 23.2 Å². The van der Waals surface area contributed by atoms with Crippen LogP contribution in [0.1, 0.15) is 74.4 Å². The lowest BCUT2D eigenvalue weighted by Gasteiger charge is -2.40. The molecular formula is C35H44ClN3O3. The predicted octanol–water partition coefficient (Wildman–Crippen LogP) is 7.29. The van der Waals surface area contributed by atoms with Crippen molar-refractivity contribution in [2.45, 2.75) is 70.7 Å². The van der Waals surface area contributed by atoms with Crippen LogP contribution in [0.3, 0.4) is 0 Å². The third-order valence-electron chi connectivity index (χ3n) is 9.04. The van der Waals surface area contributed by atoms with Gasteiger partial charge in [0.05, 0.1) is 25.7 Å². The summed E-state index contributed by atoms with van der Waals surface area (Å²) in [5.41, 5.74) is 5.13. The van der Waals surface area contributed by atoms with Crippen molar-refractivity contribution < 1.29 is 14.3 Å². The minimum absolute atomic E-state index is 0.0368. The number of likely N-dealkylation sites (tertiary alicyclic amines) is 1. The molecule has 0 bridgehead atoms. The van der Waals surface area contributed by atoms with Gasteiger partial charge in [0.25, 0.3) is 0 Å². The number of fused-ring (bicyclic) bond motifs is 1. The van der Waals surface area contributed by atoms with Crippen molar-refractivity contribution in [2.24, 2.45) is 0 Å². The maximum absolute atomic E-state index is 13.9. The smallest absolute Gasteiger partial charge is 0.232 e. The zero-order valence-corrected chi connectivity index (χ0v) is 26.5. The average Bonchev–Trinajstić information content (AvgIpc) is 3.00. The van der Waals surface area contributed by atoms with Crippen molar-refractivity contribution in [2.75, 3.05) is 39.2 Å². The molecule has 224 valence electrons. The maximum Gasteiger partial charge on any atom is 0.232 e. The van der Waals surface area contributed by atoms with E-state index in [1.54, 1.807) is 7.11 Å². The molecule has 5 rings (SSSR count). The van der Waals surface area contributed by atoms with E-state index in [-0.39, 0.29) is 24.5 Å². The molecule has 42 heavy (non-hydrogen) atoms. The summed E-state index contributed by atoms with van der Waals surface area (Å²) >= 11 is 6.28. The Morgan fingerprint density at radius 3 is 2.38 bits per heavy atom. The number of rotatable bonds is 9. The van der Waals surface area contributed by atoms with Crippen LogP contribution in [0.15, 0.2) is 60.7 Å². The number of benzene rings is 3. The molecule has 0 aliphatic carbocycles. The molecule has 1 fully saturated rings. The Kier molecular flexibility index (Phi) is 9.46. The molecule has 7 heteroatoms. The molecule has 2 aliphatic rings. The Morgan fingerprint density at radius 2 is 1.74 bits per heavy atom. The third-order valence-corrected chi connectivity index (χ3v) is 9.29. The quantitative estimate of drug-likeness (QED) is 0.262. The number of carbonyl (C=O) groups excluding carboxylic acids is 1. The second-order valence-electron chi connectivity index (χ2n) is 12.0. The van der Waals surface area contributed by atoms with Gasteiger partial charge in [0.1, 0.15) is 0 Å². The second-order valence-corrected chi connectivity index (χ2v) is 12.4. The van der Waals surface area contributed by atoms with Crippen LogP contribution in [0.2, 0.25) is 5.02 Å². The van der Waals surface area contributed by atoms with Gasteiger partial charge in [-0.05, 0) is 112 Å². The van der Waals surface area contributed by atoms with Gasteiger partial charge >= 0.3 is 0 Å². The summed E-state index contributed by atoms with van der Waals surface area (Å²) < 4.78 is 12.0. The third kappa shape index (κ3) is 6.31. The summed E-state index contributed by atoms with van der Waals surface area (Å²) in [4.78, 5) is 20.7. The molecule has 3 aromatic carbocycles. The second kappa shape index (κ2) is 13.1. The highest BCUT2D eigenvalue weighted by Gasteiger charge is 2.36. The van der Waals surface area contributed by atoms with E-state index in [1.807, 2.05) is 35.2 Å². The van der Waals surface area contributed by atoms with Crippen LogP contribution in [0.4, 0.5) is 5.69 Å². The Bertz CT molecular complexity index is 1380. The molecular weight excluding hydrogens is 546 g/mol. The Balaban J connectivity index is 1.51. The van der Waals surface area contributed by atoms with E-state index >= 15 is 0 Å². The molecule has 2 aliphatic heterocycles. The number of likely N-dealkylation sites (N-methyl/N-ethyl adjacent to an activating group) is 1. The number of piperidine rings is 1. The minimum Gasteiger partial charge on any atom is -0.493 e. The van der Waals surface area contributed by atoms with Gasteiger partial charge in [-0.1, -0.05) is 42.8 Å². The molecule has 6 nitrogen and oxygen atoms in total. The lowest BCUT2D eigenvalue weighted by atomic mass is 9.86. The van der Waals surface area contributed by atoms with Crippen LogP contribution in [-0.4, -0.2) is 62.1 Å². The summed E-state index contributed by atoms with van der Waals surface area (Å²) in [7, 11) is 5.99. The first kappa shape index (κ1) is 30.4. The Labute approximate surface area is 256 Å². The number of ether oxygens (including phenoxy) is 2. The van der Waals surface area contributed by atoms with Gasteiger partial charge in [0, 0.05) is 29.3 Å². The summed E-state index contributed by atoms with van der Waals surface area (Å²) in [5.74, 6) is 1.39. The number of hydrogen-bond donors (Lipinski definition) is 0. The summed E-state index contributed by atoms with van der Waals surface area (Å²) in [5, 5.41) is 0.663. The maximum atomic E-state index is 13.9. The number of anilines is 1. The summed E-state index contributed by atoms with van der Waals surface area (Å²) in [6.07, 6.45) is 3.66. The zero-order chi connectivity index (χ0) is 30.0. The lowest BCUT2D eigenvalue weighted by Crippen LogP contribution is -2.45. The largest absolute Gasteiger partial charge is 0.493 e. The van der Waals surface area contributed by atoms with E-state index in [2.05, 4.69) is 75.0 Å². The molecule has 4 unspecified atom stereocenters. The van der Waals surface area contributed by atoms with E-state index in [1.165, 1.54) is 18.4 Å². The van der Waals surface area contributed by atoms with Crippen molar-refractivity contribution in [3.63, 3.8) is 0 Å². The summed E-state index contributed by atoms with van der Waals surface area (Å²) in [6, 6.07) is 21.0. The van der Waals surface area contributed by atoms with Gasteiger partial charge in [-0.3, -0.25) is 9.69 Å². The predicted molar refractivity (Wildman–Crippen MR) is 171 cm³/mol. The lowest BCUT2D eigenvalue weighted by molar-refractivity contribution is -0.118. The van der Waals surface area contributed by atoms with Gasteiger partial charge in [0.15, 0.2) is 11.5 Å². The number of nitrogens with zero attached hydrogens (tertiary/aromatic N) is 3. The van der Waals surface area contributed by atoms with Gasteiger partial charge in [0.2, 0.25) is 5.91 Å². The average molecular weight is 590 g/mol. The van der Waals surface area contributed by atoms with Crippen LogP contribution in [0.25, 0.3) is 0 Å². The fourth-order valence-electron chi connectivity index (χ4n) is 6.26. The number of halogens is 1. The Hall–Kier alpha value is -3.06. The van der Waals surface area contributed by atoms with Crippen molar-refractivity contribution in [3.8, 4) is 11.5 Å². The fourth-order valence-corrected chi connectivity index (χ4v) is 6.38. The molecule has 1 saturated heterocycles. The van der Waals surface area contributed by atoms with E-state index in [0.29, 0.717) is 28.6 Å². The molecule has 0 saturated carbocycles. The molecule has 0 spiro atoms. The number of methoxy groups -OCH3 is 1. The first-order valence-corrected chi connectivity index (χ1v) is 15.5. The molecule has 0 aromatic heterocycles.